The van der Waals surface area contributed by atoms with E-state index in [-0.39, 0.29) is 11.9 Å². The average molecular weight is 337 g/mol. The van der Waals surface area contributed by atoms with Crippen molar-refractivity contribution < 1.29 is 9.53 Å². The van der Waals surface area contributed by atoms with Gasteiger partial charge >= 0.3 is 0 Å². The van der Waals surface area contributed by atoms with Crippen molar-refractivity contribution in [2.75, 3.05) is 0 Å². The summed E-state index contributed by atoms with van der Waals surface area (Å²) in [6.07, 6.45) is 3.03. The van der Waals surface area contributed by atoms with Crippen LogP contribution in [0.1, 0.15) is 54.1 Å². The van der Waals surface area contributed by atoms with E-state index >= 15 is 0 Å². The van der Waals surface area contributed by atoms with Crippen molar-refractivity contribution in [1.29, 1.82) is 0 Å². The van der Waals surface area contributed by atoms with Crippen molar-refractivity contribution in [2.24, 2.45) is 0 Å². The summed E-state index contributed by atoms with van der Waals surface area (Å²) in [4.78, 5) is 12.5. The van der Waals surface area contributed by atoms with Crippen molar-refractivity contribution in [1.82, 2.24) is 5.32 Å². The molecule has 0 saturated carbocycles. The molecule has 1 aliphatic rings. The monoisotopic (exact) mass is 337 g/mol. The van der Waals surface area contributed by atoms with Crippen molar-refractivity contribution in [3.8, 4) is 5.75 Å². The van der Waals surface area contributed by atoms with Gasteiger partial charge in [0.25, 0.3) is 5.91 Å². The highest BCUT2D eigenvalue weighted by Crippen LogP contribution is 2.26. The van der Waals surface area contributed by atoms with Crippen LogP contribution in [0.15, 0.2) is 36.4 Å². The van der Waals surface area contributed by atoms with E-state index in [2.05, 4.69) is 23.5 Å². The molecule has 3 heteroatoms. The van der Waals surface area contributed by atoms with E-state index in [0.717, 1.165) is 28.9 Å². The van der Waals surface area contributed by atoms with Gasteiger partial charge in [-0.2, -0.15) is 0 Å². The number of aryl methyl sites for hydroxylation is 3. The molecular weight excluding hydrogens is 310 g/mol. The molecule has 3 rings (SSSR count). The van der Waals surface area contributed by atoms with Crippen LogP contribution in [-0.4, -0.2) is 12.0 Å². The number of amides is 1. The zero-order valence-electron chi connectivity index (χ0n) is 15.6. The van der Waals surface area contributed by atoms with Crippen LogP contribution in [0.2, 0.25) is 0 Å². The van der Waals surface area contributed by atoms with Gasteiger partial charge in [0.2, 0.25) is 0 Å². The first kappa shape index (κ1) is 17.5. The van der Waals surface area contributed by atoms with Crippen molar-refractivity contribution in [3.63, 3.8) is 0 Å². The average Bonchev–Trinajstić information content (AvgIpc) is 3.06. The molecule has 0 aliphatic heterocycles. The minimum absolute atomic E-state index is 0.0249. The maximum Gasteiger partial charge on any atom is 0.261 e. The van der Waals surface area contributed by atoms with Crippen molar-refractivity contribution in [3.05, 3.63) is 64.2 Å². The Hall–Kier alpha value is -2.29. The van der Waals surface area contributed by atoms with Gasteiger partial charge in [-0.15, -0.1) is 0 Å². The number of hydrogen-bond donors (Lipinski definition) is 1. The highest BCUT2D eigenvalue weighted by atomic mass is 16.5. The third-order valence-electron chi connectivity index (χ3n) is 5.21. The molecule has 2 atom stereocenters. The molecule has 2 aromatic rings. The summed E-state index contributed by atoms with van der Waals surface area (Å²) in [5.74, 6) is 0.682. The number of nitrogens with one attached hydrogen (secondary N) is 1. The molecule has 2 aromatic carbocycles. The summed E-state index contributed by atoms with van der Waals surface area (Å²) in [5.41, 5.74) is 6.28. The molecule has 132 valence electrons. The molecular formula is C22H27NO2. The molecule has 0 radical (unpaired) electrons. The Labute approximate surface area is 150 Å². The number of benzene rings is 2. The molecule has 0 heterocycles. The second-order valence-electron chi connectivity index (χ2n) is 7.07. The predicted molar refractivity (Wildman–Crippen MR) is 101 cm³/mol. The number of carbonyl (C=O) groups is 1. The maximum absolute atomic E-state index is 12.5. The third-order valence-corrected chi connectivity index (χ3v) is 5.21. The van der Waals surface area contributed by atoms with Gasteiger partial charge in [-0.3, -0.25) is 4.79 Å². The molecule has 0 unspecified atom stereocenters. The van der Waals surface area contributed by atoms with Gasteiger partial charge in [-0.1, -0.05) is 30.3 Å². The van der Waals surface area contributed by atoms with E-state index in [1.54, 1.807) is 6.92 Å². The first-order valence-electron chi connectivity index (χ1n) is 9.10. The van der Waals surface area contributed by atoms with Crippen molar-refractivity contribution >= 4 is 5.91 Å². The number of ether oxygens (including phenoxy) is 1. The number of carbonyl (C=O) groups excluding carboxylic acids is 1. The summed E-state index contributed by atoms with van der Waals surface area (Å²) in [7, 11) is 0. The highest BCUT2D eigenvalue weighted by Gasteiger charge is 2.20. The highest BCUT2D eigenvalue weighted by molar-refractivity contribution is 5.81. The summed E-state index contributed by atoms with van der Waals surface area (Å²) >= 11 is 0. The molecule has 0 spiro atoms. The minimum atomic E-state index is -0.530. The molecule has 25 heavy (non-hydrogen) atoms. The van der Waals surface area contributed by atoms with Crippen LogP contribution < -0.4 is 10.1 Å². The molecule has 0 bridgehead atoms. The van der Waals surface area contributed by atoms with Gasteiger partial charge in [0.15, 0.2) is 6.10 Å². The van der Waals surface area contributed by atoms with Gasteiger partial charge < -0.3 is 10.1 Å². The quantitative estimate of drug-likeness (QED) is 0.876. The van der Waals surface area contributed by atoms with Crippen LogP contribution >= 0.6 is 0 Å². The largest absolute Gasteiger partial charge is 0.481 e. The van der Waals surface area contributed by atoms with Gasteiger partial charge in [0.1, 0.15) is 5.75 Å². The normalized spacial score (nSPS) is 15.4. The van der Waals surface area contributed by atoms with Crippen LogP contribution in [0.25, 0.3) is 0 Å². The second-order valence-corrected chi connectivity index (χ2v) is 7.07. The standard InChI is InChI=1S/C22H27NO2/c1-14-7-5-10-21(15(14)2)25-17(4)22(24)23-16(3)19-12-11-18-8-6-9-20(18)13-19/h5,7,10-13,16-17H,6,8-9H2,1-4H3,(H,23,24)/t16-,17-/m0/s1. The Morgan fingerprint density at radius 3 is 2.64 bits per heavy atom. The lowest BCUT2D eigenvalue weighted by Crippen LogP contribution is -2.37. The van der Waals surface area contributed by atoms with Gasteiger partial charge in [-0.05, 0) is 80.8 Å². The number of hydrogen-bond acceptors (Lipinski definition) is 2. The summed E-state index contributed by atoms with van der Waals surface area (Å²) in [5, 5.41) is 3.08. The van der Waals surface area contributed by atoms with E-state index in [0.29, 0.717) is 0 Å². The Morgan fingerprint density at radius 1 is 1.08 bits per heavy atom. The minimum Gasteiger partial charge on any atom is -0.481 e. The topological polar surface area (TPSA) is 38.3 Å². The summed E-state index contributed by atoms with van der Waals surface area (Å²) in [6.45, 7) is 7.89. The van der Waals surface area contributed by atoms with Crippen LogP contribution in [0.3, 0.4) is 0 Å². The van der Waals surface area contributed by atoms with Gasteiger partial charge in [0, 0.05) is 0 Å². The zero-order valence-corrected chi connectivity index (χ0v) is 15.6. The van der Waals surface area contributed by atoms with E-state index in [1.165, 1.54) is 24.0 Å². The van der Waals surface area contributed by atoms with Crippen LogP contribution in [0.4, 0.5) is 0 Å². The lowest BCUT2D eigenvalue weighted by molar-refractivity contribution is -0.127. The SMILES string of the molecule is Cc1cccc(O[C@@H](C)C(=O)N[C@@H](C)c2ccc3c(c2)CCC3)c1C. The third kappa shape index (κ3) is 3.87. The fourth-order valence-electron chi connectivity index (χ4n) is 3.37. The van der Waals surface area contributed by atoms with Crippen molar-refractivity contribution in [2.45, 2.75) is 59.1 Å². The van der Waals surface area contributed by atoms with E-state index in [4.69, 9.17) is 4.74 Å². The zero-order chi connectivity index (χ0) is 18.0. The Bertz CT molecular complexity index is 782. The fraction of sp³-hybridized carbons (Fsp3) is 0.409. The Kier molecular flexibility index (Phi) is 5.12. The predicted octanol–water partition coefficient (Wildman–Crippen LogP) is 4.44. The van der Waals surface area contributed by atoms with E-state index < -0.39 is 6.10 Å². The first-order chi connectivity index (χ1) is 12.0. The van der Waals surface area contributed by atoms with E-state index in [1.807, 2.05) is 39.0 Å². The Morgan fingerprint density at radius 2 is 1.84 bits per heavy atom. The molecule has 3 nitrogen and oxygen atoms in total. The van der Waals surface area contributed by atoms with Crippen LogP contribution in [-0.2, 0) is 17.6 Å². The Balaban J connectivity index is 1.63. The van der Waals surface area contributed by atoms with Gasteiger partial charge in [-0.25, -0.2) is 0 Å². The van der Waals surface area contributed by atoms with Crippen LogP contribution in [0.5, 0.6) is 5.75 Å². The second kappa shape index (κ2) is 7.30. The molecule has 1 aliphatic carbocycles. The lowest BCUT2D eigenvalue weighted by atomic mass is 10.0. The fourth-order valence-corrected chi connectivity index (χ4v) is 3.37. The molecule has 0 fully saturated rings. The summed E-state index contributed by atoms with van der Waals surface area (Å²) in [6, 6.07) is 12.5. The molecule has 1 N–H and O–H groups in total. The number of rotatable bonds is 5. The molecule has 1 amide bonds. The molecule has 0 saturated heterocycles. The maximum atomic E-state index is 12.5. The first-order valence-corrected chi connectivity index (χ1v) is 9.10. The van der Waals surface area contributed by atoms with E-state index in [9.17, 15) is 4.79 Å². The smallest absolute Gasteiger partial charge is 0.261 e. The van der Waals surface area contributed by atoms with Crippen LogP contribution in [0, 0.1) is 13.8 Å². The summed E-state index contributed by atoms with van der Waals surface area (Å²) < 4.78 is 5.89. The molecule has 0 aromatic heterocycles. The lowest BCUT2D eigenvalue weighted by Gasteiger charge is -2.20. The number of fused-ring (bicyclic) bond motifs is 1. The van der Waals surface area contributed by atoms with Gasteiger partial charge in [0.05, 0.1) is 6.04 Å².